The molecule has 0 bridgehead atoms. The number of nitrogens with one attached hydrogen (secondary N) is 1. The van der Waals surface area contributed by atoms with Gasteiger partial charge in [0.05, 0.1) is 7.11 Å². The first-order chi connectivity index (χ1) is 15.9. The van der Waals surface area contributed by atoms with E-state index in [-0.39, 0.29) is 16.7 Å². The summed E-state index contributed by atoms with van der Waals surface area (Å²) in [4.78, 5) is 14.9. The molecule has 178 valence electrons. The fraction of sp³-hybridized carbons (Fsp3) is 0.520. The number of carbonyl (C=O) groups excluding carboxylic acids is 1. The number of piperidine rings is 1. The molecule has 0 radical (unpaired) electrons. The third-order valence-corrected chi connectivity index (χ3v) is 8.26. The van der Waals surface area contributed by atoms with Gasteiger partial charge in [-0.1, -0.05) is 11.6 Å². The summed E-state index contributed by atoms with van der Waals surface area (Å²) >= 11 is 0. The van der Waals surface area contributed by atoms with Gasteiger partial charge in [0.1, 0.15) is 16.5 Å². The molecule has 2 aliphatic heterocycles. The number of benzene rings is 1. The summed E-state index contributed by atoms with van der Waals surface area (Å²) < 4.78 is 34.9. The van der Waals surface area contributed by atoms with Crippen molar-refractivity contribution in [2.24, 2.45) is 10.3 Å². The number of hydrogen-bond donors (Lipinski definition) is 1. The number of sulfonamides is 1. The number of ether oxygens (including phenoxy) is 1. The zero-order valence-corrected chi connectivity index (χ0v) is 20.3. The van der Waals surface area contributed by atoms with Crippen LogP contribution in [0.1, 0.15) is 57.4 Å². The van der Waals surface area contributed by atoms with Gasteiger partial charge in [-0.15, -0.1) is 4.40 Å². The minimum absolute atomic E-state index is 0.0365. The van der Waals surface area contributed by atoms with Gasteiger partial charge in [0.25, 0.3) is 10.0 Å². The molecule has 1 aromatic rings. The zero-order valence-electron chi connectivity index (χ0n) is 19.5. The molecule has 0 aromatic heterocycles. The maximum Gasteiger partial charge on any atom is 0.285 e. The van der Waals surface area contributed by atoms with Gasteiger partial charge in [0, 0.05) is 31.1 Å². The summed E-state index contributed by atoms with van der Waals surface area (Å²) in [5.41, 5.74) is 2.73. The van der Waals surface area contributed by atoms with Gasteiger partial charge >= 0.3 is 0 Å². The molecule has 0 saturated carbocycles. The van der Waals surface area contributed by atoms with E-state index in [9.17, 15) is 13.2 Å². The highest BCUT2D eigenvalue weighted by molar-refractivity contribution is 8.00. The van der Waals surface area contributed by atoms with Crippen LogP contribution in [-0.4, -0.2) is 51.8 Å². The Morgan fingerprint density at radius 2 is 1.91 bits per heavy atom. The fourth-order valence-corrected chi connectivity index (χ4v) is 6.38. The van der Waals surface area contributed by atoms with E-state index in [1.54, 1.807) is 31.4 Å². The number of hydrogen-bond acceptors (Lipinski definition) is 5. The molecular weight excluding hydrogens is 438 g/mol. The van der Waals surface area contributed by atoms with Crippen LogP contribution in [0, 0.1) is 5.92 Å². The van der Waals surface area contributed by atoms with Gasteiger partial charge in [0.15, 0.2) is 0 Å². The molecule has 1 N–H and O–H groups in total. The van der Waals surface area contributed by atoms with Crippen LogP contribution in [-0.2, 0) is 14.8 Å². The molecule has 1 fully saturated rings. The summed E-state index contributed by atoms with van der Waals surface area (Å²) in [5.74, 6) is 1.25. The molecule has 1 amide bonds. The number of amidine groups is 1. The first-order valence-electron chi connectivity index (χ1n) is 11.8. The third kappa shape index (κ3) is 5.32. The average molecular weight is 472 g/mol. The third-order valence-electron chi connectivity index (χ3n) is 6.79. The molecular formula is C25H33N3O4S. The molecule has 8 heteroatoms. The van der Waals surface area contributed by atoms with E-state index < -0.39 is 10.0 Å². The molecule has 0 unspecified atom stereocenters. The first-order valence-corrected chi connectivity index (χ1v) is 13.2. The lowest BCUT2D eigenvalue weighted by atomic mass is 9.94. The van der Waals surface area contributed by atoms with Crippen LogP contribution in [0.5, 0.6) is 5.75 Å². The summed E-state index contributed by atoms with van der Waals surface area (Å²) in [5, 5.41) is 3.10. The Kier molecular flexibility index (Phi) is 7.22. The van der Waals surface area contributed by atoms with Crippen LogP contribution >= 0.6 is 0 Å². The van der Waals surface area contributed by atoms with Gasteiger partial charge in [-0.3, -0.25) is 4.79 Å². The summed E-state index contributed by atoms with van der Waals surface area (Å²) in [6.45, 7) is 3.74. The van der Waals surface area contributed by atoms with Crippen LogP contribution in [0.4, 0.5) is 0 Å². The smallest absolute Gasteiger partial charge is 0.285 e. The van der Waals surface area contributed by atoms with Crippen LogP contribution in [0.2, 0.25) is 0 Å². The fourth-order valence-electron chi connectivity index (χ4n) is 4.90. The van der Waals surface area contributed by atoms with E-state index in [2.05, 4.69) is 15.8 Å². The Hall–Kier alpha value is -2.61. The van der Waals surface area contributed by atoms with Gasteiger partial charge in [0.2, 0.25) is 5.91 Å². The number of methoxy groups -OCH3 is 1. The molecule has 1 aromatic carbocycles. The van der Waals surface area contributed by atoms with Gasteiger partial charge in [-0.25, -0.2) is 0 Å². The van der Waals surface area contributed by atoms with E-state index in [4.69, 9.17) is 4.74 Å². The van der Waals surface area contributed by atoms with Gasteiger partial charge in [-0.05, 0) is 81.7 Å². The van der Waals surface area contributed by atoms with Crippen molar-refractivity contribution in [2.45, 2.75) is 51.9 Å². The SMILES string of the molecule is COc1ccc(C2=C(C)C(N3CCC(C(=O)NCCC4=CCCCC4)CC3)=NS2(=O)=O)cc1. The summed E-state index contributed by atoms with van der Waals surface area (Å²) in [6.07, 6.45) is 9.50. The van der Waals surface area contributed by atoms with E-state index in [1.165, 1.54) is 18.4 Å². The average Bonchev–Trinajstić information content (AvgIpc) is 3.08. The summed E-state index contributed by atoms with van der Waals surface area (Å²) in [6, 6.07) is 6.98. The molecule has 33 heavy (non-hydrogen) atoms. The normalized spacial score (nSPS) is 21.0. The Morgan fingerprint density at radius 3 is 2.55 bits per heavy atom. The Balaban J connectivity index is 1.35. The highest BCUT2D eigenvalue weighted by Gasteiger charge is 2.35. The van der Waals surface area contributed by atoms with Crippen molar-refractivity contribution >= 4 is 26.7 Å². The van der Waals surface area contributed by atoms with Crippen LogP contribution in [0.3, 0.4) is 0 Å². The van der Waals surface area contributed by atoms with Crippen LogP contribution in [0.25, 0.3) is 4.91 Å². The second-order valence-electron chi connectivity index (χ2n) is 8.98. The minimum atomic E-state index is -3.76. The second-order valence-corrected chi connectivity index (χ2v) is 10.5. The van der Waals surface area contributed by atoms with Crippen molar-refractivity contribution in [3.8, 4) is 5.75 Å². The van der Waals surface area contributed by atoms with Crippen molar-refractivity contribution in [1.82, 2.24) is 10.2 Å². The number of likely N-dealkylation sites (tertiary alicyclic amines) is 1. The molecule has 3 aliphatic rings. The van der Waals surface area contributed by atoms with Crippen molar-refractivity contribution in [3.05, 3.63) is 47.1 Å². The zero-order chi connectivity index (χ0) is 23.4. The molecule has 0 spiro atoms. The molecule has 7 nitrogen and oxygen atoms in total. The molecule has 1 saturated heterocycles. The minimum Gasteiger partial charge on any atom is -0.497 e. The first kappa shape index (κ1) is 23.5. The van der Waals surface area contributed by atoms with Crippen LogP contribution < -0.4 is 10.1 Å². The number of rotatable bonds is 6. The molecule has 4 rings (SSSR count). The monoisotopic (exact) mass is 471 g/mol. The standard InChI is InChI=1S/C25H33N3O4S/c1-18-23(20-8-10-22(32-2)11-9-20)33(30,31)27-24(18)28-16-13-21(14-17-28)25(29)26-15-12-19-6-4-3-5-7-19/h6,8-11,21H,3-5,7,12-17H2,1-2H3,(H,26,29). The van der Waals surface area contributed by atoms with Gasteiger partial charge in [-0.2, -0.15) is 8.42 Å². The lowest BCUT2D eigenvalue weighted by Gasteiger charge is -2.33. The quantitative estimate of drug-likeness (QED) is 0.636. The van der Waals surface area contributed by atoms with Gasteiger partial charge < -0.3 is 15.0 Å². The van der Waals surface area contributed by atoms with Crippen molar-refractivity contribution < 1.29 is 17.9 Å². The summed E-state index contributed by atoms with van der Waals surface area (Å²) in [7, 11) is -2.18. The number of amides is 1. The highest BCUT2D eigenvalue weighted by Crippen LogP contribution is 2.35. The lowest BCUT2D eigenvalue weighted by Crippen LogP contribution is -2.43. The Morgan fingerprint density at radius 1 is 1.18 bits per heavy atom. The van der Waals surface area contributed by atoms with E-state index >= 15 is 0 Å². The van der Waals surface area contributed by atoms with E-state index in [0.717, 1.165) is 19.3 Å². The predicted octanol–water partition coefficient (Wildman–Crippen LogP) is 3.89. The van der Waals surface area contributed by atoms with E-state index in [0.29, 0.717) is 55.2 Å². The highest BCUT2D eigenvalue weighted by atomic mass is 32.2. The molecule has 2 heterocycles. The maximum absolute atomic E-state index is 12.8. The van der Waals surface area contributed by atoms with Crippen LogP contribution in [0.15, 0.2) is 45.9 Å². The van der Waals surface area contributed by atoms with E-state index in [1.807, 2.05) is 11.8 Å². The predicted molar refractivity (Wildman–Crippen MR) is 130 cm³/mol. The lowest BCUT2D eigenvalue weighted by molar-refractivity contribution is -0.126. The van der Waals surface area contributed by atoms with Crippen molar-refractivity contribution in [3.63, 3.8) is 0 Å². The topological polar surface area (TPSA) is 88.1 Å². The molecule has 0 atom stereocenters. The van der Waals surface area contributed by atoms with Crippen molar-refractivity contribution in [1.29, 1.82) is 0 Å². The number of nitrogens with zero attached hydrogens (tertiary/aromatic N) is 2. The second kappa shape index (κ2) is 10.1. The Labute approximate surface area is 196 Å². The Bertz CT molecular complexity index is 1080. The molecule has 1 aliphatic carbocycles. The largest absolute Gasteiger partial charge is 0.497 e. The number of carbonyl (C=O) groups is 1. The maximum atomic E-state index is 12.8. The number of allylic oxidation sites excluding steroid dienone is 1. The van der Waals surface area contributed by atoms with Crippen molar-refractivity contribution in [2.75, 3.05) is 26.7 Å².